The second-order valence-electron chi connectivity index (χ2n) is 5.79. The van der Waals surface area contributed by atoms with E-state index in [4.69, 9.17) is 0 Å². The SMILES string of the molecule is CNc1nc(N2CCC(C(C)C)CC2)c2[nH]cnc2n1. The van der Waals surface area contributed by atoms with E-state index in [2.05, 4.69) is 44.0 Å². The minimum atomic E-state index is 0.630. The predicted molar refractivity (Wildman–Crippen MR) is 81.0 cm³/mol. The maximum Gasteiger partial charge on any atom is 0.226 e. The van der Waals surface area contributed by atoms with Crippen molar-refractivity contribution in [3.05, 3.63) is 6.33 Å². The highest BCUT2D eigenvalue weighted by Crippen LogP contribution is 2.30. The Labute approximate surface area is 119 Å². The molecule has 0 amide bonds. The Kier molecular flexibility index (Phi) is 3.46. The first kappa shape index (κ1) is 13.1. The summed E-state index contributed by atoms with van der Waals surface area (Å²) in [6.07, 6.45) is 4.14. The molecule has 1 aliphatic rings. The number of H-pyrrole nitrogens is 1. The Bertz CT molecular complexity index is 582. The van der Waals surface area contributed by atoms with Gasteiger partial charge in [-0.15, -0.1) is 0 Å². The molecule has 0 aromatic carbocycles. The van der Waals surface area contributed by atoms with Crippen LogP contribution in [-0.4, -0.2) is 40.1 Å². The van der Waals surface area contributed by atoms with E-state index in [1.165, 1.54) is 12.8 Å². The molecule has 2 aromatic heterocycles. The molecule has 6 heteroatoms. The van der Waals surface area contributed by atoms with Gasteiger partial charge in [0.25, 0.3) is 0 Å². The van der Waals surface area contributed by atoms with Gasteiger partial charge in [0, 0.05) is 20.1 Å². The topological polar surface area (TPSA) is 69.7 Å². The first-order valence-corrected chi connectivity index (χ1v) is 7.33. The van der Waals surface area contributed by atoms with Gasteiger partial charge >= 0.3 is 0 Å². The van der Waals surface area contributed by atoms with Gasteiger partial charge in [0.05, 0.1) is 6.33 Å². The van der Waals surface area contributed by atoms with Gasteiger partial charge < -0.3 is 15.2 Å². The molecule has 108 valence electrons. The van der Waals surface area contributed by atoms with Crippen molar-refractivity contribution in [3.8, 4) is 0 Å². The third-order valence-corrected chi connectivity index (χ3v) is 4.27. The Hall–Kier alpha value is -1.85. The van der Waals surface area contributed by atoms with Crippen LogP contribution in [0.4, 0.5) is 11.8 Å². The quantitative estimate of drug-likeness (QED) is 0.898. The molecule has 0 spiro atoms. The Balaban J connectivity index is 1.88. The van der Waals surface area contributed by atoms with E-state index in [0.29, 0.717) is 5.95 Å². The molecule has 0 saturated carbocycles. The lowest BCUT2D eigenvalue weighted by molar-refractivity contribution is 0.311. The third kappa shape index (κ3) is 2.30. The maximum atomic E-state index is 4.62. The Morgan fingerprint density at radius 2 is 2.05 bits per heavy atom. The van der Waals surface area contributed by atoms with Crippen LogP contribution in [-0.2, 0) is 0 Å². The monoisotopic (exact) mass is 274 g/mol. The summed E-state index contributed by atoms with van der Waals surface area (Å²) in [6.45, 7) is 6.74. The minimum absolute atomic E-state index is 0.630. The summed E-state index contributed by atoms with van der Waals surface area (Å²) in [5.74, 6) is 3.20. The zero-order valence-corrected chi connectivity index (χ0v) is 12.3. The third-order valence-electron chi connectivity index (χ3n) is 4.27. The number of hydrogen-bond donors (Lipinski definition) is 2. The molecule has 1 aliphatic heterocycles. The van der Waals surface area contributed by atoms with Crippen LogP contribution in [0.5, 0.6) is 0 Å². The van der Waals surface area contributed by atoms with Crippen LogP contribution >= 0.6 is 0 Å². The number of hydrogen-bond acceptors (Lipinski definition) is 5. The van der Waals surface area contributed by atoms with Crippen molar-refractivity contribution in [2.24, 2.45) is 11.8 Å². The summed E-state index contributed by atoms with van der Waals surface area (Å²) >= 11 is 0. The van der Waals surface area contributed by atoms with Crippen LogP contribution in [0, 0.1) is 11.8 Å². The van der Waals surface area contributed by atoms with Gasteiger partial charge in [-0.2, -0.15) is 9.97 Å². The molecule has 6 nitrogen and oxygen atoms in total. The minimum Gasteiger partial charge on any atom is -0.357 e. The van der Waals surface area contributed by atoms with E-state index in [1.807, 2.05) is 7.05 Å². The number of fused-ring (bicyclic) bond motifs is 1. The van der Waals surface area contributed by atoms with E-state index >= 15 is 0 Å². The lowest BCUT2D eigenvalue weighted by Gasteiger charge is -2.34. The lowest BCUT2D eigenvalue weighted by Crippen LogP contribution is -2.36. The molecule has 3 rings (SSSR count). The second kappa shape index (κ2) is 5.26. The second-order valence-corrected chi connectivity index (χ2v) is 5.79. The van der Waals surface area contributed by atoms with Crippen LogP contribution in [0.3, 0.4) is 0 Å². The number of nitrogens with one attached hydrogen (secondary N) is 2. The fraction of sp³-hybridized carbons (Fsp3) is 0.643. The van der Waals surface area contributed by atoms with E-state index in [1.54, 1.807) is 6.33 Å². The van der Waals surface area contributed by atoms with E-state index in [9.17, 15) is 0 Å². The van der Waals surface area contributed by atoms with Crippen LogP contribution in [0.1, 0.15) is 26.7 Å². The average Bonchev–Trinajstić information content (AvgIpc) is 2.94. The van der Waals surface area contributed by atoms with Gasteiger partial charge in [-0.1, -0.05) is 13.8 Å². The van der Waals surface area contributed by atoms with Crippen molar-refractivity contribution < 1.29 is 0 Å². The first-order chi connectivity index (χ1) is 9.69. The highest BCUT2D eigenvalue weighted by atomic mass is 15.2. The summed E-state index contributed by atoms with van der Waals surface area (Å²) in [5.41, 5.74) is 1.66. The molecule has 3 heterocycles. The zero-order valence-electron chi connectivity index (χ0n) is 12.3. The van der Waals surface area contributed by atoms with Crippen molar-refractivity contribution >= 4 is 22.9 Å². The van der Waals surface area contributed by atoms with E-state index in [0.717, 1.165) is 41.9 Å². The number of nitrogens with zero attached hydrogens (tertiary/aromatic N) is 4. The standard InChI is InChI=1S/C14H22N6/c1-9(2)10-4-6-20(7-5-10)13-11-12(17-8-16-11)18-14(15-3)19-13/h8-10H,4-7H2,1-3H3,(H2,15,16,17,18,19). The molecule has 0 bridgehead atoms. The van der Waals surface area contributed by atoms with E-state index < -0.39 is 0 Å². The van der Waals surface area contributed by atoms with Crippen molar-refractivity contribution in [1.82, 2.24) is 19.9 Å². The van der Waals surface area contributed by atoms with Gasteiger partial charge in [0.15, 0.2) is 11.5 Å². The van der Waals surface area contributed by atoms with Crippen molar-refractivity contribution in [2.45, 2.75) is 26.7 Å². The number of piperidine rings is 1. The number of aromatic nitrogens is 4. The molecule has 20 heavy (non-hydrogen) atoms. The lowest BCUT2D eigenvalue weighted by atomic mass is 9.87. The average molecular weight is 274 g/mol. The van der Waals surface area contributed by atoms with Gasteiger partial charge in [0.2, 0.25) is 5.95 Å². The molecule has 1 fully saturated rings. The van der Waals surface area contributed by atoms with Gasteiger partial charge in [-0.05, 0) is 24.7 Å². The van der Waals surface area contributed by atoms with Crippen LogP contribution < -0.4 is 10.2 Å². The number of imidazole rings is 1. The first-order valence-electron chi connectivity index (χ1n) is 7.33. The molecule has 2 N–H and O–H groups in total. The number of rotatable bonds is 3. The summed E-state index contributed by atoms with van der Waals surface area (Å²) in [5, 5.41) is 3.01. The summed E-state index contributed by atoms with van der Waals surface area (Å²) in [7, 11) is 1.84. The number of aromatic amines is 1. The Morgan fingerprint density at radius 3 is 2.70 bits per heavy atom. The largest absolute Gasteiger partial charge is 0.357 e. The molecule has 0 unspecified atom stereocenters. The van der Waals surface area contributed by atoms with Gasteiger partial charge in [-0.25, -0.2) is 4.98 Å². The fourth-order valence-corrected chi connectivity index (χ4v) is 2.94. The zero-order chi connectivity index (χ0) is 14.1. The maximum absolute atomic E-state index is 4.62. The predicted octanol–water partition coefficient (Wildman–Crippen LogP) is 2.27. The summed E-state index contributed by atoms with van der Waals surface area (Å²) < 4.78 is 0. The highest BCUT2D eigenvalue weighted by Gasteiger charge is 2.24. The van der Waals surface area contributed by atoms with Crippen molar-refractivity contribution in [3.63, 3.8) is 0 Å². The van der Waals surface area contributed by atoms with Crippen LogP contribution in [0.25, 0.3) is 11.2 Å². The molecule has 2 aromatic rings. The van der Waals surface area contributed by atoms with Crippen LogP contribution in [0.2, 0.25) is 0 Å². The van der Waals surface area contributed by atoms with Gasteiger partial charge in [-0.3, -0.25) is 0 Å². The fourth-order valence-electron chi connectivity index (χ4n) is 2.94. The summed E-state index contributed by atoms with van der Waals surface area (Å²) in [4.78, 5) is 18.7. The van der Waals surface area contributed by atoms with Crippen molar-refractivity contribution in [2.75, 3.05) is 30.4 Å². The number of anilines is 2. The Morgan fingerprint density at radius 1 is 1.30 bits per heavy atom. The smallest absolute Gasteiger partial charge is 0.226 e. The van der Waals surface area contributed by atoms with E-state index in [-0.39, 0.29) is 0 Å². The van der Waals surface area contributed by atoms with Crippen molar-refractivity contribution in [1.29, 1.82) is 0 Å². The molecule has 0 aliphatic carbocycles. The highest BCUT2D eigenvalue weighted by molar-refractivity contribution is 5.84. The van der Waals surface area contributed by atoms with Gasteiger partial charge in [0.1, 0.15) is 5.52 Å². The summed E-state index contributed by atoms with van der Waals surface area (Å²) in [6, 6.07) is 0. The molecular formula is C14H22N6. The molecular weight excluding hydrogens is 252 g/mol. The normalized spacial score (nSPS) is 17.1. The molecule has 0 radical (unpaired) electrons. The molecule has 0 atom stereocenters. The van der Waals surface area contributed by atoms with Crippen LogP contribution in [0.15, 0.2) is 6.33 Å². The molecule has 1 saturated heterocycles.